The van der Waals surface area contributed by atoms with Gasteiger partial charge in [0.1, 0.15) is 9.88 Å². The van der Waals surface area contributed by atoms with Gasteiger partial charge in [0, 0.05) is 13.1 Å². The summed E-state index contributed by atoms with van der Waals surface area (Å²) in [7, 11) is 0. The second kappa shape index (κ2) is 12.3. The number of nitrogens with one attached hydrogen (secondary N) is 2. The van der Waals surface area contributed by atoms with Crippen molar-refractivity contribution in [3.05, 3.63) is 38.0 Å². The van der Waals surface area contributed by atoms with Crippen molar-refractivity contribution in [3.8, 4) is 0 Å². The lowest BCUT2D eigenvalue weighted by Gasteiger charge is -2.16. The molecule has 2 N–H and O–H groups in total. The Labute approximate surface area is 185 Å². The summed E-state index contributed by atoms with van der Waals surface area (Å²) in [5, 5.41) is 11.7. The van der Waals surface area contributed by atoms with Crippen LogP contribution in [0.25, 0.3) is 0 Å². The number of hydrogen-bond donors (Lipinski definition) is 2. The van der Waals surface area contributed by atoms with E-state index >= 15 is 0 Å². The van der Waals surface area contributed by atoms with Crippen LogP contribution in [0.3, 0.4) is 0 Å². The van der Waals surface area contributed by atoms with Crippen molar-refractivity contribution in [3.63, 3.8) is 0 Å². The number of esters is 1. The van der Waals surface area contributed by atoms with Crippen LogP contribution in [0.2, 0.25) is 0 Å². The maximum absolute atomic E-state index is 12.0. The minimum atomic E-state index is -0.308. The Kier molecular flexibility index (Phi) is 10.9. The van der Waals surface area contributed by atoms with Gasteiger partial charge in [0.05, 0.1) is 18.3 Å². The van der Waals surface area contributed by atoms with E-state index in [4.69, 9.17) is 4.74 Å². The number of hydrogen-bond acceptors (Lipinski definition) is 6. The quantitative estimate of drug-likeness (QED) is 0.236. The van der Waals surface area contributed by atoms with E-state index in [0.29, 0.717) is 23.7 Å². The predicted molar refractivity (Wildman–Crippen MR) is 124 cm³/mol. The Balaban J connectivity index is 0.00000364. The summed E-state index contributed by atoms with van der Waals surface area (Å²) < 4.78 is 5.09. The van der Waals surface area contributed by atoms with Crippen molar-refractivity contribution in [2.75, 3.05) is 19.7 Å². The topological polar surface area (TPSA) is 75.6 Å². The number of nitrogens with zero attached hydrogens (tertiary/aromatic N) is 2. The number of carbonyl (C=O) groups is 1. The van der Waals surface area contributed by atoms with Crippen molar-refractivity contribution < 1.29 is 9.53 Å². The zero-order chi connectivity index (χ0) is 18.9. The van der Waals surface area contributed by atoms with Gasteiger partial charge in [-0.25, -0.2) is 9.78 Å². The SMILES string of the molecule is CCNC(=NCCc1ccsc1)NC(C)c1nc(C)c(C(=O)OCC)s1.I. The molecule has 0 spiro atoms. The number of thiazole rings is 1. The van der Waals surface area contributed by atoms with Gasteiger partial charge < -0.3 is 15.4 Å². The number of carbonyl (C=O) groups excluding carboxylic acids is 1. The van der Waals surface area contributed by atoms with Crippen LogP contribution in [0.5, 0.6) is 0 Å². The Morgan fingerprint density at radius 2 is 2.19 bits per heavy atom. The zero-order valence-corrected chi connectivity index (χ0v) is 20.0. The molecule has 2 heterocycles. The Hall–Kier alpha value is -1.20. The van der Waals surface area contributed by atoms with Crippen LogP contribution in [0.1, 0.15) is 52.7 Å². The van der Waals surface area contributed by atoms with Crippen molar-refractivity contribution in [1.82, 2.24) is 15.6 Å². The van der Waals surface area contributed by atoms with E-state index in [1.807, 2.05) is 20.8 Å². The molecule has 0 bridgehead atoms. The summed E-state index contributed by atoms with van der Waals surface area (Å²) in [5.41, 5.74) is 2.01. The van der Waals surface area contributed by atoms with E-state index in [-0.39, 0.29) is 36.0 Å². The molecule has 0 aliphatic heterocycles. The molecule has 0 saturated heterocycles. The predicted octanol–water partition coefficient (Wildman–Crippen LogP) is 4.17. The van der Waals surface area contributed by atoms with Gasteiger partial charge in [-0.1, -0.05) is 0 Å². The van der Waals surface area contributed by atoms with Crippen LogP contribution >= 0.6 is 46.7 Å². The molecule has 0 aromatic carbocycles. The molecule has 0 aliphatic carbocycles. The van der Waals surface area contributed by atoms with Crippen LogP contribution < -0.4 is 10.6 Å². The minimum Gasteiger partial charge on any atom is -0.462 e. The minimum absolute atomic E-state index is 0. The van der Waals surface area contributed by atoms with Crippen LogP contribution in [-0.4, -0.2) is 36.6 Å². The molecule has 2 aromatic heterocycles. The molecule has 1 unspecified atom stereocenters. The van der Waals surface area contributed by atoms with Gasteiger partial charge in [0.2, 0.25) is 0 Å². The summed E-state index contributed by atoms with van der Waals surface area (Å²) in [4.78, 5) is 21.7. The van der Waals surface area contributed by atoms with Crippen molar-refractivity contribution in [2.24, 2.45) is 4.99 Å². The maximum atomic E-state index is 12.0. The van der Waals surface area contributed by atoms with Gasteiger partial charge in [-0.3, -0.25) is 4.99 Å². The fourth-order valence-electron chi connectivity index (χ4n) is 2.31. The van der Waals surface area contributed by atoms with E-state index in [9.17, 15) is 4.79 Å². The number of guanidine groups is 1. The Morgan fingerprint density at radius 1 is 1.41 bits per heavy atom. The van der Waals surface area contributed by atoms with Gasteiger partial charge in [-0.2, -0.15) is 11.3 Å². The number of halogens is 1. The first-order chi connectivity index (χ1) is 12.5. The summed E-state index contributed by atoms with van der Waals surface area (Å²) in [6.07, 6.45) is 0.915. The standard InChI is InChI=1S/C18H26N4O2S2.HI/c1-5-19-18(20-9-7-14-8-10-25-11-14)22-13(4)16-21-12(3)15(26-16)17(23)24-6-2;/h8,10-11,13H,5-7,9H2,1-4H3,(H2,19,20,22);1H. The molecule has 27 heavy (non-hydrogen) atoms. The Bertz CT molecular complexity index is 732. The normalized spacial score (nSPS) is 12.2. The first-order valence-corrected chi connectivity index (χ1v) is 10.5. The van der Waals surface area contributed by atoms with Crippen molar-refractivity contribution in [2.45, 2.75) is 40.2 Å². The molecule has 0 fully saturated rings. The van der Waals surface area contributed by atoms with Crippen LogP contribution in [-0.2, 0) is 11.2 Å². The second-order valence-electron chi connectivity index (χ2n) is 5.70. The zero-order valence-electron chi connectivity index (χ0n) is 16.1. The van der Waals surface area contributed by atoms with E-state index < -0.39 is 0 Å². The molecule has 9 heteroatoms. The lowest BCUT2D eigenvalue weighted by atomic mass is 10.2. The molecule has 0 aliphatic rings. The van der Waals surface area contributed by atoms with Gasteiger partial charge in [-0.05, 0) is 56.5 Å². The number of thiophene rings is 1. The first kappa shape index (κ1) is 23.8. The number of aliphatic imine (C=N–C) groups is 1. The average Bonchev–Trinajstić information content (AvgIpc) is 3.25. The Morgan fingerprint density at radius 3 is 2.81 bits per heavy atom. The molecule has 0 saturated carbocycles. The van der Waals surface area contributed by atoms with Gasteiger partial charge in [0.15, 0.2) is 5.96 Å². The summed E-state index contributed by atoms with van der Waals surface area (Å²) in [6, 6.07) is 2.07. The molecule has 0 radical (unpaired) electrons. The highest BCUT2D eigenvalue weighted by atomic mass is 127. The summed E-state index contributed by atoms with van der Waals surface area (Å²) >= 11 is 3.07. The summed E-state index contributed by atoms with van der Waals surface area (Å²) in [6.45, 7) is 9.53. The van der Waals surface area contributed by atoms with E-state index in [1.54, 1.807) is 18.3 Å². The molecule has 6 nitrogen and oxygen atoms in total. The molecule has 2 rings (SSSR count). The molecular formula is C18H27IN4O2S2. The fraction of sp³-hybridized carbons (Fsp3) is 0.500. The van der Waals surface area contributed by atoms with E-state index in [0.717, 1.165) is 23.9 Å². The van der Waals surface area contributed by atoms with Crippen LogP contribution in [0.15, 0.2) is 21.8 Å². The van der Waals surface area contributed by atoms with Crippen LogP contribution in [0.4, 0.5) is 0 Å². The maximum Gasteiger partial charge on any atom is 0.350 e. The monoisotopic (exact) mass is 522 g/mol. The fourth-order valence-corrected chi connectivity index (χ4v) is 3.97. The third kappa shape index (κ3) is 7.38. The number of ether oxygens (including phenoxy) is 1. The largest absolute Gasteiger partial charge is 0.462 e. The first-order valence-electron chi connectivity index (χ1n) is 8.75. The van der Waals surface area contributed by atoms with Crippen molar-refractivity contribution >= 4 is 58.6 Å². The third-order valence-electron chi connectivity index (χ3n) is 3.59. The third-order valence-corrected chi connectivity index (χ3v) is 5.64. The number of aryl methyl sites for hydroxylation is 1. The number of aromatic nitrogens is 1. The molecule has 150 valence electrons. The summed E-state index contributed by atoms with van der Waals surface area (Å²) in [5.74, 6) is 0.443. The molecule has 1 atom stereocenters. The average molecular weight is 522 g/mol. The highest BCUT2D eigenvalue weighted by Crippen LogP contribution is 2.24. The smallest absolute Gasteiger partial charge is 0.350 e. The van der Waals surface area contributed by atoms with Gasteiger partial charge in [0.25, 0.3) is 0 Å². The second-order valence-corrected chi connectivity index (χ2v) is 7.51. The van der Waals surface area contributed by atoms with E-state index in [2.05, 4.69) is 37.4 Å². The highest BCUT2D eigenvalue weighted by molar-refractivity contribution is 14.0. The molecule has 2 aromatic rings. The van der Waals surface area contributed by atoms with E-state index in [1.165, 1.54) is 16.9 Å². The van der Waals surface area contributed by atoms with Gasteiger partial charge >= 0.3 is 5.97 Å². The molecule has 0 amide bonds. The van der Waals surface area contributed by atoms with Gasteiger partial charge in [-0.15, -0.1) is 35.3 Å². The van der Waals surface area contributed by atoms with Crippen LogP contribution in [0, 0.1) is 6.92 Å². The number of rotatable bonds is 8. The highest BCUT2D eigenvalue weighted by Gasteiger charge is 2.20. The lowest BCUT2D eigenvalue weighted by Crippen LogP contribution is -2.38. The van der Waals surface area contributed by atoms with Crippen molar-refractivity contribution in [1.29, 1.82) is 0 Å². The molecular weight excluding hydrogens is 495 g/mol. The lowest BCUT2D eigenvalue weighted by molar-refractivity contribution is 0.0531.